The molecule has 1 aromatic rings. The molecule has 0 saturated carbocycles. The summed E-state index contributed by atoms with van der Waals surface area (Å²) >= 11 is 0. The molecule has 1 aromatic carbocycles. The second-order valence-corrected chi connectivity index (χ2v) is 5.39. The molecular formula is C16H28N2. The molecular weight excluding hydrogens is 220 g/mol. The fourth-order valence-electron chi connectivity index (χ4n) is 2.21. The first-order valence-corrected chi connectivity index (χ1v) is 7.09. The van der Waals surface area contributed by atoms with Gasteiger partial charge < -0.3 is 11.1 Å². The molecule has 0 fully saturated rings. The number of hydrogen-bond donors (Lipinski definition) is 2. The maximum atomic E-state index is 5.71. The first-order valence-electron chi connectivity index (χ1n) is 7.09. The average molecular weight is 248 g/mol. The third-order valence-corrected chi connectivity index (χ3v) is 3.91. The van der Waals surface area contributed by atoms with Crippen molar-refractivity contribution in [3.05, 3.63) is 35.4 Å². The van der Waals surface area contributed by atoms with Gasteiger partial charge in [0.1, 0.15) is 0 Å². The Hall–Kier alpha value is -0.860. The van der Waals surface area contributed by atoms with Crippen molar-refractivity contribution in [2.24, 2.45) is 11.7 Å². The maximum absolute atomic E-state index is 5.71. The molecule has 3 atom stereocenters. The highest BCUT2D eigenvalue weighted by molar-refractivity contribution is 5.27. The van der Waals surface area contributed by atoms with E-state index >= 15 is 0 Å². The van der Waals surface area contributed by atoms with Crippen LogP contribution in [0.3, 0.4) is 0 Å². The van der Waals surface area contributed by atoms with Gasteiger partial charge in [-0.25, -0.2) is 0 Å². The van der Waals surface area contributed by atoms with Crippen molar-refractivity contribution in [1.29, 1.82) is 0 Å². The topological polar surface area (TPSA) is 38.0 Å². The van der Waals surface area contributed by atoms with Crippen LogP contribution in [0.25, 0.3) is 0 Å². The molecule has 2 nitrogen and oxygen atoms in total. The second-order valence-electron chi connectivity index (χ2n) is 5.39. The lowest BCUT2D eigenvalue weighted by Crippen LogP contribution is -2.22. The zero-order valence-electron chi connectivity index (χ0n) is 12.2. The number of benzene rings is 1. The Morgan fingerprint density at radius 2 is 1.67 bits per heavy atom. The van der Waals surface area contributed by atoms with Gasteiger partial charge in [0.25, 0.3) is 0 Å². The summed E-state index contributed by atoms with van der Waals surface area (Å²) in [6.07, 6.45) is 2.29. The van der Waals surface area contributed by atoms with Gasteiger partial charge in [-0.1, -0.05) is 45.0 Å². The van der Waals surface area contributed by atoms with Crippen LogP contribution in [0.4, 0.5) is 0 Å². The quantitative estimate of drug-likeness (QED) is 0.775. The number of hydrogen-bond acceptors (Lipinski definition) is 2. The second kappa shape index (κ2) is 7.55. The highest BCUT2D eigenvalue weighted by atomic mass is 14.9. The highest BCUT2D eigenvalue weighted by Gasteiger charge is 2.13. The van der Waals surface area contributed by atoms with E-state index in [1.54, 1.807) is 0 Å². The van der Waals surface area contributed by atoms with Crippen LogP contribution in [0.1, 0.15) is 56.7 Å². The standard InChI is InChI=1S/C16H28N2/c1-5-13(3)14-6-8-15(9-7-14)16(18-4)10-12(2)11-17/h6-9,12-13,16,18H,5,10-11,17H2,1-4H3. The van der Waals surface area contributed by atoms with Gasteiger partial charge in [0.15, 0.2) is 0 Å². The fourth-order valence-corrected chi connectivity index (χ4v) is 2.21. The Morgan fingerprint density at radius 3 is 2.11 bits per heavy atom. The molecule has 0 radical (unpaired) electrons. The number of nitrogens with one attached hydrogen (secondary N) is 1. The van der Waals surface area contributed by atoms with E-state index in [0.29, 0.717) is 17.9 Å². The van der Waals surface area contributed by atoms with Crippen LogP contribution in [-0.2, 0) is 0 Å². The molecule has 2 heteroatoms. The molecule has 0 aliphatic heterocycles. The minimum atomic E-state index is 0.412. The van der Waals surface area contributed by atoms with E-state index in [4.69, 9.17) is 5.73 Å². The largest absolute Gasteiger partial charge is 0.330 e. The minimum absolute atomic E-state index is 0.412. The Balaban J connectivity index is 2.75. The first kappa shape index (κ1) is 15.2. The van der Waals surface area contributed by atoms with E-state index < -0.39 is 0 Å². The van der Waals surface area contributed by atoms with Crippen LogP contribution in [0.15, 0.2) is 24.3 Å². The summed E-state index contributed by atoms with van der Waals surface area (Å²) in [5, 5.41) is 3.39. The summed E-state index contributed by atoms with van der Waals surface area (Å²) < 4.78 is 0. The predicted molar refractivity (Wildman–Crippen MR) is 79.8 cm³/mol. The molecule has 0 bridgehead atoms. The molecule has 3 N–H and O–H groups in total. The lowest BCUT2D eigenvalue weighted by atomic mass is 9.92. The van der Waals surface area contributed by atoms with Crippen molar-refractivity contribution >= 4 is 0 Å². The van der Waals surface area contributed by atoms with Crippen LogP contribution in [0, 0.1) is 5.92 Å². The molecule has 0 aromatic heterocycles. The summed E-state index contributed by atoms with van der Waals surface area (Å²) in [5.41, 5.74) is 8.51. The van der Waals surface area contributed by atoms with Crippen molar-refractivity contribution in [3.8, 4) is 0 Å². The molecule has 0 amide bonds. The van der Waals surface area contributed by atoms with Crippen molar-refractivity contribution in [2.75, 3.05) is 13.6 Å². The van der Waals surface area contributed by atoms with Crippen LogP contribution >= 0.6 is 0 Å². The maximum Gasteiger partial charge on any atom is 0.0320 e. The van der Waals surface area contributed by atoms with Crippen molar-refractivity contribution in [1.82, 2.24) is 5.32 Å². The van der Waals surface area contributed by atoms with Crippen molar-refractivity contribution in [3.63, 3.8) is 0 Å². The van der Waals surface area contributed by atoms with Gasteiger partial charge in [0.2, 0.25) is 0 Å². The van der Waals surface area contributed by atoms with E-state index in [0.717, 1.165) is 13.0 Å². The van der Waals surface area contributed by atoms with Crippen LogP contribution in [-0.4, -0.2) is 13.6 Å². The Bertz CT molecular complexity index is 331. The predicted octanol–water partition coefficient (Wildman–Crippen LogP) is 3.45. The van der Waals surface area contributed by atoms with Crippen LogP contribution in [0.2, 0.25) is 0 Å². The third-order valence-electron chi connectivity index (χ3n) is 3.91. The van der Waals surface area contributed by atoms with E-state index in [-0.39, 0.29) is 0 Å². The Kier molecular flexibility index (Phi) is 6.37. The molecule has 0 aliphatic rings. The molecule has 1 rings (SSSR count). The summed E-state index contributed by atoms with van der Waals surface area (Å²) in [5.74, 6) is 1.20. The molecule has 18 heavy (non-hydrogen) atoms. The fraction of sp³-hybridized carbons (Fsp3) is 0.625. The molecule has 0 aliphatic carbocycles. The number of rotatable bonds is 7. The van der Waals surface area contributed by atoms with E-state index in [1.165, 1.54) is 17.5 Å². The first-order chi connectivity index (χ1) is 8.62. The molecule has 3 unspecified atom stereocenters. The van der Waals surface area contributed by atoms with Gasteiger partial charge in [-0.3, -0.25) is 0 Å². The summed E-state index contributed by atoms with van der Waals surface area (Å²) in [4.78, 5) is 0. The smallest absolute Gasteiger partial charge is 0.0320 e. The van der Waals surface area contributed by atoms with Gasteiger partial charge in [0, 0.05) is 6.04 Å². The summed E-state index contributed by atoms with van der Waals surface area (Å²) in [7, 11) is 2.02. The zero-order valence-corrected chi connectivity index (χ0v) is 12.2. The molecule has 0 saturated heterocycles. The van der Waals surface area contributed by atoms with Gasteiger partial charge >= 0.3 is 0 Å². The highest BCUT2D eigenvalue weighted by Crippen LogP contribution is 2.24. The Labute approximate surface area is 112 Å². The monoisotopic (exact) mass is 248 g/mol. The van der Waals surface area contributed by atoms with E-state index in [2.05, 4.69) is 50.4 Å². The van der Waals surface area contributed by atoms with Gasteiger partial charge in [0.05, 0.1) is 0 Å². The van der Waals surface area contributed by atoms with Crippen LogP contribution in [0.5, 0.6) is 0 Å². The SMILES string of the molecule is CCC(C)c1ccc(C(CC(C)CN)NC)cc1. The minimum Gasteiger partial charge on any atom is -0.330 e. The lowest BCUT2D eigenvalue weighted by molar-refractivity contribution is 0.438. The van der Waals surface area contributed by atoms with Crippen molar-refractivity contribution < 1.29 is 0 Å². The molecule has 0 spiro atoms. The third kappa shape index (κ3) is 4.11. The lowest BCUT2D eigenvalue weighted by Gasteiger charge is -2.21. The summed E-state index contributed by atoms with van der Waals surface area (Å²) in [6.45, 7) is 7.47. The van der Waals surface area contributed by atoms with E-state index in [1.807, 2.05) is 7.05 Å². The molecule has 0 heterocycles. The normalized spacial score (nSPS) is 16.3. The number of nitrogens with two attached hydrogens (primary N) is 1. The zero-order chi connectivity index (χ0) is 13.5. The summed E-state index contributed by atoms with van der Waals surface area (Å²) in [6, 6.07) is 9.45. The van der Waals surface area contributed by atoms with Gasteiger partial charge in [-0.05, 0) is 49.4 Å². The van der Waals surface area contributed by atoms with Crippen molar-refractivity contribution in [2.45, 2.75) is 45.6 Å². The average Bonchev–Trinajstić information content (AvgIpc) is 2.43. The Morgan fingerprint density at radius 1 is 1.11 bits per heavy atom. The van der Waals surface area contributed by atoms with Crippen LogP contribution < -0.4 is 11.1 Å². The van der Waals surface area contributed by atoms with Gasteiger partial charge in [-0.2, -0.15) is 0 Å². The van der Waals surface area contributed by atoms with Gasteiger partial charge in [-0.15, -0.1) is 0 Å². The van der Waals surface area contributed by atoms with E-state index in [9.17, 15) is 0 Å². The molecule has 102 valence electrons.